The second-order valence-corrected chi connectivity index (χ2v) is 7.10. The molecule has 3 N–H and O–H groups in total. The SMILES string of the molecule is CCCC1(CNc2sc(C#N)c(N)c2C2CC2)CC1. The Bertz CT molecular complexity index is 518. The molecular formula is C15H21N3S. The number of hydrogen-bond donors (Lipinski definition) is 2. The van der Waals surface area contributed by atoms with Gasteiger partial charge < -0.3 is 11.1 Å². The van der Waals surface area contributed by atoms with Crippen LogP contribution in [0.5, 0.6) is 0 Å². The molecule has 0 saturated heterocycles. The molecule has 0 amide bonds. The standard InChI is InChI=1S/C15H21N3S/c1-2-5-15(6-7-15)9-18-14-12(10-3-4-10)13(17)11(8-16)19-14/h10,18H,2-7,9,17H2,1H3. The maximum atomic E-state index is 9.14. The van der Waals surface area contributed by atoms with Crippen molar-refractivity contribution in [1.82, 2.24) is 0 Å². The number of anilines is 2. The van der Waals surface area contributed by atoms with E-state index < -0.39 is 0 Å². The average Bonchev–Trinajstić information content (AvgIpc) is 3.30. The zero-order valence-corrected chi connectivity index (χ0v) is 12.3. The quantitative estimate of drug-likeness (QED) is 0.822. The fourth-order valence-corrected chi connectivity index (χ4v) is 3.94. The van der Waals surface area contributed by atoms with E-state index in [1.807, 2.05) is 0 Å². The summed E-state index contributed by atoms with van der Waals surface area (Å²) in [6.07, 6.45) is 7.70. The Kier molecular flexibility index (Phi) is 3.18. The second kappa shape index (κ2) is 4.72. The first kappa shape index (κ1) is 12.8. The topological polar surface area (TPSA) is 61.8 Å². The van der Waals surface area contributed by atoms with Crippen LogP contribution in [0.1, 0.15) is 61.8 Å². The fourth-order valence-electron chi connectivity index (χ4n) is 2.94. The molecule has 2 fully saturated rings. The van der Waals surface area contributed by atoms with E-state index in [2.05, 4.69) is 18.3 Å². The summed E-state index contributed by atoms with van der Waals surface area (Å²) >= 11 is 1.54. The molecule has 1 aromatic heterocycles. The van der Waals surface area contributed by atoms with Gasteiger partial charge in [-0.25, -0.2) is 0 Å². The Labute approximate surface area is 118 Å². The highest BCUT2D eigenvalue weighted by atomic mass is 32.1. The smallest absolute Gasteiger partial charge is 0.130 e. The van der Waals surface area contributed by atoms with Gasteiger partial charge in [-0.3, -0.25) is 0 Å². The number of nitrogens with two attached hydrogens (primary N) is 1. The highest BCUT2D eigenvalue weighted by Crippen LogP contribution is 2.53. The van der Waals surface area contributed by atoms with Gasteiger partial charge >= 0.3 is 0 Å². The number of hydrogen-bond acceptors (Lipinski definition) is 4. The van der Waals surface area contributed by atoms with Crippen molar-refractivity contribution in [2.45, 2.75) is 51.4 Å². The lowest BCUT2D eigenvalue weighted by Crippen LogP contribution is -2.15. The molecule has 0 atom stereocenters. The van der Waals surface area contributed by atoms with Gasteiger partial charge in [-0.15, -0.1) is 11.3 Å². The molecule has 2 aliphatic carbocycles. The van der Waals surface area contributed by atoms with Crippen molar-refractivity contribution < 1.29 is 0 Å². The van der Waals surface area contributed by atoms with Gasteiger partial charge in [0, 0.05) is 12.1 Å². The number of nitrogens with one attached hydrogen (secondary N) is 1. The molecule has 2 saturated carbocycles. The Morgan fingerprint density at radius 1 is 1.47 bits per heavy atom. The number of nitriles is 1. The monoisotopic (exact) mass is 275 g/mol. The molecule has 0 radical (unpaired) electrons. The zero-order chi connectivity index (χ0) is 13.5. The number of nitrogen functional groups attached to an aromatic ring is 1. The Morgan fingerprint density at radius 3 is 2.74 bits per heavy atom. The molecule has 102 valence electrons. The van der Waals surface area contributed by atoms with Gasteiger partial charge in [0.25, 0.3) is 0 Å². The van der Waals surface area contributed by atoms with Gasteiger partial charge in [-0.2, -0.15) is 5.26 Å². The lowest BCUT2D eigenvalue weighted by atomic mass is 10.0. The van der Waals surface area contributed by atoms with Gasteiger partial charge in [0.2, 0.25) is 0 Å². The van der Waals surface area contributed by atoms with E-state index in [0.29, 0.717) is 16.2 Å². The molecule has 0 spiro atoms. The summed E-state index contributed by atoms with van der Waals surface area (Å²) in [6, 6.07) is 2.23. The fraction of sp³-hybridized carbons (Fsp3) is 0.667. The molecule has 3 nitrogen and oxygen atoms in total. The molecule has 4 heteroatoms. The van der Waals surface area contributed by atoms with Gasteiger partial charge in [0.05, 0.1) is 10.7 Å². The number of thiophene rings is 1. The average molecular weight is 275 g/mol. The van der Waals surface area contributed by atoms with Crippen LogP contribution in [-0.2, 0) is 0 Å². The summed E-state index contributed by atoms with van der Waals surface area (Å²) in [5.74, 6) is 0.599. The van der Waals surface area contributed by atoms with E-state index in [-0.39, 0.29) is 0 Å². The van der Waals surface area contributed by atoms with Crippen molar-refractivity contribution in [2.24, 2.45) is 5.41 Å². The van der Waals surface area contributed by atoms with Crippen molar-refractivity contribution in [3.63, 3.8) is 0 Å². The molecule has 1 heterocycles. The van der Waals surface area contributed by atoms with E-state index >= 15 is 0 Å². The third-order valence-electron chi connectivity index (χ3n) is 4.43. The predicted octanol–water partition coefficient (Wildman–Crippen LogP) is 4.07. The van der Waals surface area contributed by atoms with E-state index in [9.17, 15) is 0 Å². The zero-order valence-electron chi connectivity index (χ0n) is 11.5. The third kappa shape index (κ3) is 2.44. The molecule has 1 aromatic rings. The van der Waals surface area contributed by atoms with Crippen LogP contribution in [0.2, 0.25) is 0 Å². The van der Waals surface area contributed by atoms with Crippen molar-refractivity contribution in [3.05, 3.63) is 10.4 Å². The van der Waals surface area contributed by atoms with Crippen LogP contribution in [0.3, 0.4) is 0 Å². The predicted molar refractivity (Wildman–Crippen MR) is 80.5 cm³/mol. The summed E-state index contributed by atoms with van der Waals surface area (Å²) < 4.78 is 0. The first-order valence-corrected chi connectivity index (χ1v) is 8.07. The minimum Gasteiger partial charge on any atom is -0.397 e. The molecule has 0 bridgehead atoms. The lowest BCUT2D eigenvalue weighted by Gasteiger charge is -2.16. The number of nitrogens with zero attached hydrogens (tertiary/aromatic N) is 1. The van der Waals surface area contributed by atoms with E-state index in [4.69, 9.17) is 11.0 Å². The van der Waals surface area contributed by atoms with Gasteiger partial charge in [0.1, 0.15) is 10.9 Å². The summed E-state index contributed by atoms with van der Waals surface area (Å²) in [5, 5.41) is 13.9. The molecular weight excluding hydrogens is 254 g/mol. The van der Waals surface area contributed by atoms with Gasteiger partial charge in [-0.05, 0) is 43.4 Å². The van der Waals surface area contributed by atoms with Crippen LogP contribution < -0.4 is 11.1 Å². The summed E-state index contributed by atoms with van der Waals surface area (Å²) in [5.41, 5.74) is 8.61. The number of rotatable bonds is 6. The molecule has 0 aromatic carbocycles. The van der Waals surface area contributed by atoms with Crippen LogP contribution in [-0.4, -0.2) is 6.54 Å². The minimum absolute atomic E-state index is 0.529. The Morgan fingerprint density at radius 2 is 2.21 bits per heavy atom. The van der Waals surface area contributed by atoms with Crippen LogP contribution in [0.25, 0.3) is 0 Å². The molecule has 0 aliphatic heterocycles. The molecule has 19 heavy (non-hydrogen) atoms. The normalized spacial score (nSPS) is 20.0. The van der Waals surface area contributed by atoms with Crippen molar-refractivity contribution in [1.29, 1.82) is 5.26 Å². The highest BCUT2D eigenvalue weighted by Gasteiger charge is 2.41. The molecule has 3 rings (SSSR count). The first-order chi connectivity index (χ1) is 9.19. The highest BCUT2D eigenvalue weighted by molar-refractivity contribution is 7.17. The molecule has 0 unspecified atom stereocenters. The van der Waals surface area contributed by atoms with Crippen LogP contribution in [0, 0.1) is 16.7 Å². The maximum Gasteiger partial charge on any atom is 0.130 e. The third-order valence-corrected chi connectivity index (χ3v) is 5.52. The van der Waals surface area contributed by atoms with Crippen molar-refractivity contribution in [2.75, 3.05) is 17.6 Å². The first-order valence-electron chi connectivity index (χ1n) is 7.25. The maximum absolute atomic E-state index is 9.14. The van der Waals surface area contributed by atoms with Crippen LogP contribution in [0.4, 0.5) is 10.7 Å². The van der Waals surface area contributed by atoms with Crippen LogP contribution >= 0.6 is 11.3 Å². The summed E-state index contributed by atoms with van der Waals surface area (Å²) in [6.45, 7) is 3.30. The van der Waals surface area contributed by atoms with Crippen molar-refractivity contribution in [3.8, 4) is 6.07 Å². The Hall–Kier alpha value is -1.21. The Balaban J connectivity index is 1.75. The van der Waals surface area contributed by atoms with Gasteiger partial charge in [0.15, 0.2) is 0 Å². The molecule has 2 aliphatic rings. The lowest BCUT2D eigenvalue weighted by molar-refractivity contribution is 0.486. The van der Waals surface area contributed by atoms with E-state index in [0.717, 1.165) is 12.2 Å². The summed E-state index contributed by atoms with van der Waals surface area (Å²) in [7, 11) is 0. The van der Waals surface area contributed by atoms with Crippen LogP contribution in [0.15, 0.2) is 0 Å². The van der Waals surface area contributed by atoms with Crippen molar-refractivity contribution >= 4 is 22.0 Å². The summed E-state index contributed by atoms with van der Waals surface area (Å²) in [4.78, 5) is 0.685. The largest absolute Gasteiger partial charge is 0.397 e. The minimum atomic E-state index is 0.529. The van der Waals surface area contributed by atoms with E-state index in [1.54, 1.807) is 11.3 Å². The van der Waals surface area contributed by atoms with Gasteiger partial charge in [-0.1, -0.05) is 13.3 Å². The second-order valence-electron chi connectivity index (χ2n) is 6.08. The van der Waals surface area contributed by atoms with E-state index in [1.165, 1.54) is 49.1 Å².